The molecule has 1 N–H and O–H groups in total. The number of hydrogen-bond donors (Lipinski definition) is 1. The molecule has 2 atom stereocenters. The van der Waals surface area contributed by atoms with Crippen molar-refractivity contribution in [3.8, 4) is 0 Å². The number of nitrogens with one attached hydrogen (secondary N) is 1. The van der Waals surface area contributed by atoms with Gasteiger partial charge >= 0.3 is 0 Å². The van der Waals surface area contributed by atoms with Crippen LogP contribution in [0, 0.1) is 24.7 Å². The third-order valence-corrected chi connectivity index (χ3v) is 8.36. The molecular formula is C25H28N2O3S. The standard InChI is InChI=1S/C25H28N2O3S/c1-15-20(25(30)27-10-8-22-18(14-27)9-11-31-22)6-3-7-21(15)26-24(29)19-12-16-4-2-5-17(13-19)23(16)28/h3,6-7,9,11,16-17,19H,2,4-5,8,10,12-14H2,1H3,(H,26,29). The molecule has 3 aliphatic rings. The quantitative estimate of drug-likeness (QED) is 0.765. The summed E-state index contributed by atoms with van der Waals surface area (Å²) in [5.74, 6) is 0.359. The third kappa shape index (κ3) is 3.82. The number of carbonyl (C=O) groups excluding carboxylic acids is 3. The van der Waals surface area contributed by atoms with E-state index in [2.05, 4.69) is 16.8 Å². The fraction of sp³-hybridized carbons (Fsp3) is 0.480. The molecule has 1 aromatic carbocycles. The number of rotatable bonds is 3. The normalized spacial score (nSPS) is 25.1. The van der Waals surface area contributed by atoms with E-state index in [0.717, 1.165) is 37.8 Å². The van der Waals surface area contributed by atoms with Gasteiger partial charge in [-0.25, -0.2) is 0 Å². The van der Waals surface area contributed by atoms with Crippen molar-refractivity contribution < 1.29 is 14.4 Å². The average molecular weight is 437 g/mol. The molecule has 2 unspecified atom stereocenters. The Bertz CT molecular complexity index is 1030. The van der Waals surface area contributed by atoms with Crippen LogP contribution in [0.4, 0.5) is 5.69 Å². The summed E-state index contributed by atoms with van der Waals surface area (Å²) in [4.78, 5) is 41.9. The molecule has 2 amide bonds. The third-order valence-electron chi connectivity index (χ3n) is 7.34. The predicted octanol–water partition coefficient (Wildman–Crippen LogP) is 4.59. The van der Waals surface area contributed by atoms with Gasteiger partial charge in [0.15, 0.2) is 0 Å². The summed E-state index contributed by atoms with van der Waals surface area (Å²) in [5, 5.41) is 5.16. The Morgan fingerprint density at radius 1 is 1.13 bits per heavy atom. The van der Waals surface area contributed by atoms with Gasteiger partial charge in [0.25, 0.3) is 5.91 Å². The monoisotopic (exact) mass is 436 g/mol. The number of thiophene rings is 1. The van der Waals surface area contributed by atoms with Crippen LogP contribution in [0.2, 0.25) is 0 Å². The van der Waals surface area contributed by atoms with E-state index in [9.17, 15) is 14.4 Å². The minimum absolute atomic E-state index is 0.0158. The molecule has 2 aliphatic carbocycles. The van der Waals surface area contributed by atoms with Crippen LogP contribution in [0.15, 0.2) is 29.6 Å². The fourth-order valence-corrected chi connectivity index (χ4v) is 6.41. The lowest BCUT2D eigenvalue weighted by Crippen LogP contribution is -2.40. The summed E-state index contributed by atoms with van der Waals surface area (Å²) < 4.78 is 0. The van der Waals surface area contributed by atoms with E-state index in [4.69, 9.17) is 0 Å². The van der Waals surface area contributed by atoms with E-state index in [1.807, 2.05) is 30.0 Å². The minimum atomic E-state index is -0.120. The van der Waals surface area contributed by atoms with E-state index < -0.39 is 0 Å². The summed E-state index contributed by atoms with van der Waals surface area (Å²) in [6.07, 6.45) is 5.16. The van der Waals surface area contributed by atoms with Crippen molar-refractivity contribution in [2.75, 3.05) is 11.9 Å². The minimum Gasteiger partial charge on any atom is -0.334 e. The molecule has 2 fully saturated rings. The molecule has 31 heavy (non-hydrogen) atoms. The number of amides is 2. The van der Waals surface area contributed by atoms with E-state index >= 15 is 0 Å². The Labute approximate surface area is 186 Å². The van der Waals surface area contributed by atoms with Crippen molar-refractivity contribution in [2.24, 2.45) is 17.8 Å². The lowest BCUT2D eigenvalue weighted by molar-refractivity contribution is -0.136. The second kappa shape index (κ2) is 8.23. The van der Waals surface area contributed by atoms with Gasteiger partial charge in [0.1, 0.15) is 5.78 Å². The molecule has 2 heterocycles. The lowest BCUT2D eigenvalue weighted by atomic mass is 9.67. The zero-order valence-electron chi connectivity index (χ0n) is 17.9. The number of benzene rings is 1. The largest absolute Gasteiger partial charge is 0.334 e. The Morgan fingerprint density at radius 2 is 1.90 bits per heavy atom. The van der Waals surface area contributed by atoms with Gasteiger partial charge in [-0.05, 0) is 73.7 Å². The number of nitrogens with zero attached hydrogens (tertiary/aromatic N) is 1. The van der Waals surface area contributed by atoms with Crippen LogP contribution < -0.4 is 5.32 Å². The molecule has 5 nitrogen and oxygen atoms in total. The fourth-order valence-electron chi connectivity index (χ4n) is 5.52. The zero-order chi connectivity index (χ0) is 21.5. The molecule has 1 aromatic heterocycles. The molecule has 2 bridgehead atoms. The van der Waals surface area contributed by atoms with Gasteiger partial charge in [-0.1, -0.05) is 12.5 Å². The molecule has 0 saturated heterocycles. The van der Waals surface area contributed by atoms with Gasteiger partial charge in [0, 0.05) is 47.0 Å². The molecule has 5 rings (SSSR count). The summed E-state index contributed by atoms with van der Waals surface area (Å²) in [6, 6.07) is 7.66. The van der Waals surface area contributed by atoms with Crippen LogP contribution in [0.1, 0.15) is 58.5 Å². The second-order valence-corrected chi connectivity index (χ2v) is 10.2. The molecule has 0 spiro atoms. The summed E-state index contributed by atoms with van der Waals surface area (Å²) in [6.45, 7) is 3.27. The maximum absolute atomic E-state index is 13.2. The molecule has 162 valence electrons. The van der Waals surface area contributed by atoms with Crippen molar-refractivity contribution in [1.29, 1.82) is 0 Å². The Kier molecular flexibility index (Phi) is 5.42. The van der Waals surface area contributed by atoms with Gasteiger partial charge in [-0.3, -0.25) is 14.4 Å². The maximum atomic E-state index is 13.2. The highest BCUT2D eigenvalue weighted by molar-refractivity contribution is 7.10. The van der Waals surface area contributed by atoms with Gasteiger partial charge in [-0.2, -0.15) is 0 Å². The molecule has 2 aromatic rings. The number of ketones is 1. The van der Waals surface area contributed by atoms with Crippen molar-refractivity contribution in [2.45, 2.75) is 52.0 Å². The van der Waals surface area contributed by atoms with Crippen LogP contribution in [0.5, 0.6) is 0 Å². The van der Waals surface area contributed by atoms with E-state index in [0.29, 0.717) is 36.4 Å². The number of hydrogen-bond acceptors (Lipinski definition) is 4. The molecular weight excluding hydrogens is 408 g/mol. The van der Waals surface area contributed by atoms with Crippen LogP contribution in [0.3, 0.4) is 0 Å². The Morgan fingerprint density at radius 3 is 2.68 bits per heavy atom. The van der Waals surface area contributed by atoms with Crippen molar-refractivity contribution in [1.82, 2.24) is 4.90 Å². The number of carbonyl (C=O) groups is 3. The van der Waals surface area contributed by atoms with E-state index in [1.54, 1.807) is 11.3 Å². The first-order valence-electron chi connectivity index (χ1n) is 11.3. The number of Topliss-reactive ketones (excluding diaryl/α,β-unsaturated/α-hetero) is 1. The van der Waals surface area contributed by atoms with Gasteiger partial charge < -0.3 is 10.2 Å². The highest BCUT2D eigenvalue weighted by Crippen LogP contribution is 2.40. The second-order valence-electron chi connectivity index (χ2n) is 9.21. The summed E-state index contributed by atoms with van der Waals surface area (Å²) in [7, 11) is 0. The highest BCUT2D eigenvalue weighted by Gasteiger charge is 2.41. The summed E-state index contributed by atoms with van der Waals surface area (Å²) in [5.41, 5.74) is 3.39. The summed E-state index contributed by atoms with van der Waals surface area (Å²) >= 11 is 1.76. The van der Waals surface area contributed by atoms with Gasteiger partial charge in [0.2, 0.25) is 5.91 Å². The SMILES string of the molecule is Cc1c(NC(=O)C2CC3CCCC(C2)C3=O)cccc1C(=O)N1CCc2sccc2C1. The Balaban J connectivity index is 1.30. The predicted molar refractivity (Wildman–Crippen MR) is 121 cm³/mol. The smallest absolute Gasteiger partial charge is 0.254 e. The van der Waals surface area contributed by atoms with Crippen LogP contribution in [-0.2, 0) is 22.6 Å². The van der Waals surface area contributed by atoms with E-state index in [-0.39, 0.29) is 29.6 Å². The first kappa shape index (κ1) is 20.4. The van der Waals surface area contributed by atoms with Crippen LogP contribution in [0.25, 0.3) is 0 Å². The zero-order valence-corrected chi connectivity index (χ0v) is 18.7. The Hall–Kier alpha value is -2.47. The van der Waals surface area contributed by atoms with E-state index in [1.165, 1.54) is 10.4 Å². The average Bonchev–Trinajstić information content (AvgIpc) is 3.22. The molecule has 0 radical (unpaired) electrons. The molecule has 6 heteroatoms. The topological polar surface area (TPSA) is 66.5 Å². The highest BCUT2D eigenvalue weighted by atomic mass is 32.1. The van der Waals surface area contributed by atoms with Crippen LogP contribution >= 0.6 is 11.3 Å². The molecule has 2 saturated carbocycles. The first-order valence-corrected chi connectivity index (χ1v) is 12.2. The van der Waals surface area contributed by atoms with Gasteiger partial charge in [-0.15, -0.1) is 11.3 Å². The van der Waals surface area contributed by atoms with Crippen molar-refractivity contribution in [3.05, 3.63) is 51.2 Å². The van der Waals surface area contributed by atoms with Crippen LogP contribution in [-0.4, -0.2) is 29.0 Å². The number of fused-ring (bicyclic) bond motifs is 3. The maximum Gasteiger partial charge on any atom is 0.254 e. The van der Waals surface area contributed by atoms with Crippen molar-refractivity contribution >= 4 is 34.6 Å². The van der Waals surface area contributed by atoms with Crippen molar-refractivity contribution in [3.63, 3.8) is 0 Å². The van der Waals surface area contributed by atoms with Gasteiger partial charge in [0.05, 0.1) is 0 Å². The molecule has 1 aliphatic heterocycles. The number of anilines is 1. The lowest BCUT2D eigenvalue weighted by Gasteiger charge is -2.37. The first-order chi connectivity index (χ1) is 15.0.